The largest absolute Gasteiger partial charge is 0.351 e. The van der Waals surface area contributed by atoms with Crippen molar-refractivity contribution in [2.45, 2.75) is 82.7 Å². The van der Waals surface area contributed by atoms with Gasteiger partial charge in [-0.25, -0.2) is 0 Å². The second-order valence-electron chi connectivity index (χ2n) is 6.25. The molecular formula is C15H28N2O. The number of hydrogen-bond acceptors (Lipinski definition) is 2. The lowest BCUT2D eigenvalue weighted by molar-refractivity contribution is -0.128. The minimum atomic E-state index is -0.575. The number of rotatable bonds is 3. The second kappa shape index (κ2) is 6.05. The Morgan fingerprint density at radius 2 is 1.83 bits per heavy atom. The average molecular weight is 252 g/mol. The molecule has 1 amide bonds. The zero-order chi connectivity index (χ0) is 13.0. The zero-order valence-electron chi connectivity index (χ0n) is 11.7. The summed E-state index contributed by atoms with van der Waals surface area (Å²) in [5.74, 6) is 0.780. The van der Waals surface area contributed by atoms with Gasteiger partial charge in [0.25, 0.3) is 0 Å². The van der Waals surface area contributed by atoms with E-state index in [-0.39, 0.29) is 5.91 Å². The Hall–Kier alpha value is -0.570. The summed E-state index contributed by atoms with van der Waals surface area (Å²) >= 11 is 0. The number of hydrogen-bond donors (Lipinski definition) is 2. The Balaban J connectivity index is 1.92. The molecule has 0 bridgehead atoms. The summed E-state index contributed by atoms with van der Waals surface area (Å²) in [6.07, 6.45) is 11.3. The van der Waals surface area contributed by atoms with Crippen LogP contribution in [0.3, 0.4) is 0 Å². The lowest BCUT2D eigenvalue weighted by Crippen LogP contribution is -2.58. The number of amides is 1. The minimum absolute atomic E-state index is 0.118. The predicted octanol–water partition coefficient (Wildman–Crippen LogP) is 2.73. The Morgan fingerprint density at radius 1 is 1.17 bits per heavy atom. The number of carbonyl (C=O) groups is 1. The van der Waals surface area contributed by atoms with Crippen LogP contribution in [0.4, 0.5) is 0 Å². The Labute approximate surface area is 111 Å². The maximum absolute atomic E-state index is 12.4. The molecule has 18 heavy (non-hydrogen) atoms. The molecule has 0 saturated heterocycles. The molecule has 0 aromatic carbocycles. The molecule has 2 unspecified atom stereocenters. The van der Waals surface area contributed by atoms with E-state index in [0.29, 0.717) is 12.0 Å². The van der Waals surface area contributed by atoms with Gasteiger partial charge in [0.2, 0.25) is 5.91 Å². The number of carbonyl (C=O) groups excluding carboxylic acids is 1. The van der Waals surface area contributed by atoms with E-state index in [4.69, 9.17) is 5.73 Å². The van der Waals surface area contributed by atoms with Gasteiger partial charge in [0.1, 0.15) is 0 Å². The van der Waals surface area contributed by atoms with Gasteiger partial charge in [0, 0.05) is 6.04 Å². The second-order valence-corrected chi connectivity index (χ2v) is 6.25. The first-order valence-electron chi connectivity index (χ1n) is 7.75. The van der Waals surface area contributed by atoms with Crippen LogP contribution in [-0.4, -0.2) is 17.5 Å². The Morgan fingerprint density at radius 3 is 2.50 bits per heavy atom. The highest BCUT2D eigenvalue weighted by Crippen LogP contribution is 2.29. The van der Waals surface area contributed by atoms with Crippen LogP contribution in [0.5, 0.6) is 0 Å². The van der Waals surface area contributed by atoms with Gasteiger partial charge in [-0.05, 0) is 31.6 Å². The fraction of sp³-hybridized carbons (Fsp3) is 0.933. The van der Waals surface area contributed by atoms with Gasteiger partial charge in [0.15, 0.2) is 0 Å². The summed E-state index contributed by atoms with van der Waals surface area (Å²) in [5, 5.41) is 3.27. The average Bonchev–Trinajstić information content (AvgIpc) is 2.40. The molecule has 2 aliphatic rings. The minimum Gasteiger partial charge on any atom is -0.351 e. The highest BCUT2D eigenvalue weighted by atomic mass is 16.2. The SMILES string of the molecule is CCC1CCCCC1NC(=O)C1(N)CCCCC1. The molecule has 3 nitrogen and oxygen atoms in total. The topological polar surface area (TPSA) is 55.1 Å². The van der Waals surface area contributed by atoms with Crippen molar-refractivity contribution in [3.05, 3.63) is 0 Å². The first-order chi connectivity index (χ1) is 8.65. The molecule has 3 N–H and O–H groups in total. The van der Waals surface area contributed by atoms with E-state index in [1.54, 1.807) is 0 Å². The Kier molecular flexibility index (Phi) is 4.66. The van der Waals surface area contributed by atoms with Crippen molar-refractivity contribution in [2.75, 3.05) is 0 Å². The fourth-order valence-corrected chi connectivity index (χ4v) is 3.61. The van der Waals surface area contributed by atoms with E-state index in [2.05, 4.69) is 12.2 Å². The summed E-state index contributed by atoms with van der Waals surface area (Å²) in [6, 6.07) is 0.374. The maximum Gasteiger partial charge on any atom is 0.240 e. The van der Waals surface area contributed by atoms with Crippen molar-refractivity contribution in [3.8, 4) is 0 Å². The quantitative estimate of drug-likeness (QED) is 0.811. The van der Waals surface area contributed by atoms with Crippen LogP contribution in [0.1, 0.15) is 71.1 Å². The third-order valence-corrected chi connectivity index (χ3v) is 4.95. The van der Waals surface area contributed by atoms with E-state index in [1.807, 2.05) is 0 Å². The van der Waals surface area contributed by atoms with E-state index in [9.17, 15) is 4.79 Å². The number of nitrogens with one attached hydrogen (secondary N) is 1. The lowest BCUT2D eigenvalue weighted by Gasteiger charge is -2.37. The van der Waals surface area contributed by atoms with E-state index in [1.165, 1.54) is 32.1 Å². The molecule has 104 valence electrons. The Bertz CT molecular complexity index is 284. The fourth-order valence-electron chi connectivity index (χ4n) is 3.61. The van der Waals surface area contributed by atoms with Crippen molar-refractivity contribution in [3.63, 3.8) is 0 Å². The predicted molar refractivity (Wildman–Crippen MR) is 74.2 cm³/mol. The normalized spacial score (nSPS) is 31.9. The molecule has 0 aliphatic heterocycles. The van der Waals surface area contributed by atoms with Gasteiger partial charge < -0.3 is 11.1 Å². The van der Waals surface area contributed by atoms with Crippen LogP contribution >= 0.6 is 0 Å². The maximum atomic E-state index is 12.4. The van der Waals surface area contributed by atoms with Gasteiger partial charge in [-0.1, -0.05) is 45.4 Å². The van der Waals surface area contributed by atoms with Gasteiger partial charge in [-0.3, -0.25) is 4.79 Å². The summed E-state index contributed by atoms with van der Waals surface area (Å²) in [7, 11) is 0. The molecule has 2 rings (SSSR count). The molecule has 0 aromatic heterocycles. The van der Waals surface area contributed by atoms with Gasteiger partial charge in [0.05, 0.1) is 5.54 Å². The van der Waals surface area contributed by atoms with Crippen LogP contribution in [0, 0.1) is 5.92 Å². The lowest BCUT2D eigenvalue weighted by atomic mass is 9.79. The molecule has 0 spiro atoms. The third-order valence-electron chi connectivity index (χ3n) is 4.95. The smallest absolute Gasteiger partial charge is 0.240 e. The van der Waals surface area contributed by atoms with Crippen LogP contribution in [-0.2, 0) is 4.79 Å². The van der Waals surface area contributed by atoms with E-state index < -0.39 is 5.54 Å². The van der Waals surface area contributed by atoms with Crippen LogP contribution in [0.25, 0.3) is 0 Å². The van der Waals surface area contributed by atoms with Crippen LogP contribution in [0.2, 0.25) is 0 Å². The summed E-state index contributed by atoms with van der Waals surface area (Å²) in [4.78, 5) is 12.4. The first kappa shape index (κ1) is 13.9. The van der Waals surface area contributed by atoms with Crippen molar-refractivity contribution in [1.29, 1.82) is 0 Å². The highest BCUT2D eigenvalue weighted by Gasteiger charge is 2.37. The highest BCUT2D eigenvalue weighted by molar-refractivity contribution is 5.86. The van der Waals surface area contributed by atoms with Crippen LogP contribution < -0.4 is 11.1 Å². The van der Waals surface area contributed by atoms with Crippen molar-refractivity contribution in [2.24, 2.45) is 11.7 Å². The molecular weight excluding hydrogens is 224 g/mol. The first-order valence-corrected chi connectivity index (χ1v) is 7.75. The van der Waals surface area contributed by atoms with Gasteiger partial charge in [-0.15, -0.1) is 0 Å². The standard InChI is InChI=1S/C15H28N2O/c1-2-12-8-4-5-9-13(12)17-14(18)15(16)10-6-3-7-11-15/h12-13H,2-11,16H2,1H3,(H,17,18). The molecule has 0 heterocycles. The van der Waals surface area contributed by atoms with E-state index >= 15 is 0 Å². The van der Waals surface area contributed by atoms with Gasteiger partial charge in [-0.2, -0.15) is 0 Å². The monoisotopic (exact) mass is 252 g/mol. The van der Waals surface area contributed by atoms with Crippen molar-refractivity contribution >= 4 is 5.91 Å². The zero-order valence-corrected chi connectivity index (χ0v) is 11.7. The molecule has 3 heteroatoms. The van der Waals surface area contributed by atoms with Gasteiger partial charge >= 0.3 is 0 Å². The molecule has 2 aliphatic carbocycles. The van der Waals surface area contributed by atoms with E-state index in [0.717, 1.165) is 32.1 Å². The molecule has 2 saturated carbocycles. The summed E-state index contributed by atoms with van der Waals surface area (Å²) in [5.41, 5.74) is 5.72. The molecule has 0 radical (unpaired) electrons. The molecule has 2 fully saturated rings. The molecule has 0 aromatic rings. The summed E-state index contributed by atoms with van der Waals surface area (Å²) in [6.45, 7) is 2.23. The summed E-state index contributed by atoms with van der Waals surface area (Å²) < 4.78 is 0. The number of nitrogens with two attached hydrogens (primary N) is 1. The third kappa shape index (κ3) is 3.05. The van der Waals surface area contributed by atoms with Crippen molar-refractivity contribution in [1.82, 2.24) is 5.32 Å². The molecule has 2 atom stereocenters. The van der Waals surface area contributed by atoms with Crippen molar-refractivity contribution < 1.29 is 4.79 Å². The van der Waals surface area contributed by atoms with Crippen LogP contribution in [0.15, 0.2) is 0 Å².